The molecule has 3 heterocycles. The SMILES string of the molecule is C/C=C/CC(=O)N1CCc2ncnc(N3CCC[C@H](C(N)=O)C3)c2CC1. The number of primary amides is 1. The second kappa shape index (κ2) is 8.29. The van der Waals surface area contributed by atoms with E-state index in [0.717, 1.165) is 49.3 Å². The zero-order valence-corrected chi connectivity index (χ0v) is 15.4. The van der Waals surface area contributed by atoms with Gasteiger partial charge in [-0.3, -0.25) is 9.59 Å². The summed E-state index contributed by atoms with van der Waals surface area (Å²) >= 11 is 0. The van der Waals surface area contributed by atoms with E-state index in [1.807, 2.05) is 24.0 Å². The number of fused-ring (bicyclic) bond motifs is 1. The number of amides is 2. The van der Waals surface area contributed by atoms with Gasteiger partial charge in [-0.25, -0.2) is 9.97 Å². The predicted octanol–water partition coefficient (Wildman–Crippen LogP) is 1.07. The van der Waals surface area contributed by atoms with Crippen molar-refractivity contribution in [2.24, 2.45) is 11.7 Å². The minimum atomic E-state index is -0.240. The van der Waals surface area contributed by atoms with Crippen molar-refractivity contribution in [2.75, 3.05) is 31.1 Å². The Hall–Kier alpha value is -2.44. The Bertz CT molecular complexity index is 703. The van der Waals surface area contributed by atoms with E-state index in [2.05, 4.69) is 14.9 Å². The smallest absolute Gasteiger partial charge is 0.226 e. The fraction of sp³-hybridized carbons (Fsp3) is 0.579. The normalized spacial score (nSPS) is 20.7. The van der Waals surface area contributed by atoms with Gasteiger partial charge in [-0.2, -0.15) is 0 Å². The van der Waals surface area contributed by atoms with Crippen LogP contribution in [0.2, 0.25) is 0 Å². The van der Waals surface area contributed by atoms with E-state index in [4.69, 9.17) is 5.73 Å². The number of carbonyl (C=O) groups excluding carboxylic acids is 2. The van der Waals surface area contributed by atoms with Crippen LogP contribution in [0.4, 0.5) is 5.82 Å². The second-order valence-corrected chi connectivity index (χ2v) is 6.96. The molecule has 3 rings (SSSR count). The van der Waals surface area contributed by atoms with Crippen molar-refractivity contribution < 1.29 is 9.59 Å². The maximum absolute atomic E-state index is 12.3. The molecule has 2 N–H and O–H groups in total. The van der Waals surface area contributed by atoms with Gasteiger partial charge in [-0.1, -0.05) is 12.2 Å². The highest BCUT2D eigenvalue weighted by Gasteiger charge is 2.28. The molecule has 140 valence electrons. The second-order valence-electron chi connectivity index (χ2n) is 6.96. The van der Waals surface area contributed by atoms with Crippen LogP contribution in [0.5, 0.6) is 0 Å². The van der Waals surface area contributed by atoms with Crippen LogP contribution < -0.4 is 10.6 Å². The molecular weight excluding hydrogens is 330 g/mol. The van der Waals surface area contributed by atoms with Crippen molar-refractivity contribution >= 4 is 17.6 Å². The molecule has 2 amide bonds. The van der Waals surface area contributed by atoms with Crippen molar-refractivity contribution in [3.05, 3.63) is 29.7 Å². The predicted molar refractivity (Wildman–Crippen MR) is 99.6 cm³/mol. The number of rotatable bonds is 4. The largest absolute Gasteiger partial charge is 0.369 e. The lowest BCUT2D eigenvalue weighted by Gasteiger charge is -2.33. The highest BCUT2D eigenvalue weighted by Crippen LogP contribution is 2.28. The van der Waals surface area contributed by atoms with Crippen LogP contribution in [-0.4, -0.2) is 52.9 Å². The lowest BCUT2D eigenvalue weighted by Crippen LogP contribution is -2.42. The first kappa shape index (κ1) is 18.4. The first-order chi connectivity index (χ1) is 12.6. The van der Waals surface area contributed by atoms with E-state index >= 15 is 0 Å². The van der Waals surface area contributed by atoms with Crippen molar-refractivity contribution in [1.29, 1.82) is 0 Å². The molecule has 26 heavy (non-hydrogen) atoms. The van der Waals surface area contributed by atoms with Gasteiger partial charge in [-0.15, -0.1) is 0 Å². The van der Waals surface area contributed by atoms with E-state index in [9.17, 15) is 9.59 Å². The summed E-state index contributed by atoms with van der Waals surface area (Å²) in [6.45, 7) is 4.77. The number of anilines is 1. The Morgan fingerprint density at radius 3 is 2.85 bits per heavy atom. The highest BCUT2D eigenvalue weighted by atomic mass is 16.2. The van der Waals surface area contributed by atoms with E-state index in [0.29, 0.717) is 26.1 Å². The third kappa shape index (κ3) is 4.03. The summed E-state index contributed by atoms with van der Waals surface area (Å²) < 4.78 is 0. The Morgan fingerprint density at radius 1 is 1.27 bits per heavy atom. The molecule has 0 aliphatic carbocycles. The first-order valence-electron chi connectivity index (χ1n) is 9.36. The molecule has 0 spiro atoms. The fourth-order valence-electron chi connectivity index (χ4n) is 3.78. The minimum Gasteiger partial charge on any atom is -0.369 e. The quantitative estimate of drug-likeness (QED) is 0.814. The Kier molecular flexibility index (Phi) is 5.85. The van der Waals surface area contributed by atoms with Crippen LogP contribution in [0.3, 0.4) is 0 Å². The Morgan fingerprint density at radius 2 is 2.08 bits per heavy atom. The summed E-state index contributed by atoms with van der Waals surface area (Å²) in [5.74, 6) is 0.690. The highest BCUT2D eigenvalue weighted by molar-refractivity contribution is 5.78. The molecule has 1 aromatic heterocycles. The van der Waals surface area contributed by atoms with Crippen LogP contribution >= 0.6 is 0 Å². The van der Waals surface area contributed by atoms with Crippen LogP contribution in [0.1, 0.15) is 37.4 Å². The number of nitrogens with zero attached hydrogens (tertiary/aromatic N) is 4. The van der Waals surface area contributed by atoms with E-state index in [1.54, 1.807) is 6.33 Å². The maximum Gasteiger partial charge on any atom is 0.226 e. The molecule has 2 aliphatic heterocycles. The van der Waals surface area contributed by atoms with Crippen molar-refractivity contribution in [2.45, 2.75) is 39.0 Å². The van der Waals surface area contributed by atoms with Gasteiger partial charge in [0.2, 0.25) is 11.8 Å². The summed E-state index contributed by atoms with van der Waals surface area (Å²) in [6, 6.07) is 0. The number of carbonyl (C=O) groups is 2. The van der Waals surface area contributed by atoms with Crippen LogP contribution in [0.25, 0.3) is 0 Å². The average molecular weight is 357 g/mol. The number of aromatic nitrogens is 2. The molecular formula is C19H27N5O2. The molecule has 0 bridgehead atoms. The molecule has 7 nitrogen and oxygen atoms in total. The lowest BCUT2D eigenvalue weighted by molar-refractivity contribution is -0.130. The number of piperidine rings is 1. The molecule has 7 heteroatoms. The van der Waals surface area contributed by atoms with Gasteiger partial charge in [-0.05, 0) is 26.2 Å². The van der Waals surface area contributed by atoms with Gasteiger partial charge >= 0.3 is 0 Å². The maximum atomic E-state index is 12.3. The van der Waals surface area contributed by atoms with Crippen molar-refractivity contribution in [3.63, 3.8) is 0 Å². The minimum absolute atomic E-state index is 0.126. The molecule has 0 saturated carbocycles. The summed E-state index contributed by atoms with van der Waals surface area (Å²) in [5, 5.41) is 0. The molecule has 2 aliphatic rings. The number of nitrogens with two attached hydrogens (primary N) is 1. The molecule has 0 radical (unpaired) electrons. The lowest BCUT2D eigenvalue weighted by atomic mass is 9.96. The Labute approximate surface area is 154 Å². The monoisotopic (exact) mass is 357 g/mol. The fourth-order valence-corrected chi connectivity index (χ4v) is 3.78. The number of allylic oxidation sites excluding steroid dienone is 1. The average Bonchev–Trinajstić information content (AvgIpc) is 2.88. The summed E-state index contributed by atoms with van der Waals surface area (Å²) in [7, 11) is 0. The molecule has 1 aromatic rings. The van der Waals surface area contributed by atoms with Gasteiger partial charge < -0.3 is 15.5 Å². The van der Waals surface area contributed by atoms with Crippen molar-refractivity contribution in [1.82, 2.24) is 14.9 Å². The van der Waals surface area contributed by atoms with Crippen LogP contribution in [0, 0.1) is 5.92 Å². The first-order valence-corrected chi connectivity index (χ1v) is 9.36. The zero-order chi connectivity index (χ0) is 18.5. The van der Waals surface area contributed by atoms with E-state index in [1.165, 1.54) is 0 Å². The molecule has 0 unspecified atom stereocenters. The molecule has 1 fully saturated rings. The van der Waals surface area contributed by atoms with Crippen molar-refractivity contribution in [3.8, 4) is 0 Å². The van der Waals surface area contributed by atoms with Gasteiger partial charge in [0.05, 0.1) is 11.6 Å². The van der Waals surface area contributed by atoms with Crippen LogP contribution in [0.15, 0.2) is 18.5 Å². The Balaban J connectivity index is 1.77. The number of hydrogen-bond donors (Lipinski definition) is 1. The third-order valence-electron chi connectivity index (χ3n) is 5.27. The summed E-state index contributed by atoms with van der Waals surface area (Å²) in [4.78, 5) is 37.0. The zero-order valence-electron chi connectivity index (χ0n) is 15.4. The van der Waals surface area contributed by atoms with Gasteiger partial charge in [0.15, 0.2) is 0 Å². The molecule has 0 aromatic carbocycles. The summed E-state index contributed by atoms with van der Waals surface area (Å²) in [6.07, 6.45) is 9.08. The van der Waals surface area contributed by atoms with E-state index in [-0.39, 0.29) is 17.7 Å². The van der Waals surface area contributed by atoms with Gasteiger partial charge in [0, 0.05) is 44.6 Å². The standard InChI is InChI=1S/C19H27N5O2/c1-2-3-6-17(25)23-10-7-15-16(8-11-23)21-13-22-19(15)24-9-4-5-14(12-24)18(20)26/h2-3,13-14H,4-12H2,1H3,(H2,20,26)/b3-2+/t14-/m0/s1. The van der Waals surface area contributed by atoms with E-state index < -0.39 is 0 Å². The summed E-state index contributed by atoms with van der Waals surface area (Å²) in [5.41, 5.74) is 7.64. The van der Waals surface area contributed by atoms with Gasteiger partial charge in [0.1, 0.15) is 12.1 Å². The third-order valence-corrected chi connectivity index (χ3v) is 5.27. The molecule has 1 atom stereocenters. The topological polar surface area (TPSA) is 92.4 Å². The molecule has 1 saturated heterocycles. The number of hydrogen-bond acceptors (Lipinski definition) is 5. The van der Waals surface area contributed by atoms with Gasteiger partial charge in [0.25, 0.3) is 0 Å². The van der Waals surface area contributed by atoms with Crippen LogP contribution in [-0.2, 0) is 22.4 Å².